The van der Waals surface area contributed by atoms with Crippen LogP contribution in [0.25, 0.3) is 10.9 Å². The van der Waals surface area contributed by atoms with Gasteiger partial charge >= 0.3 is 0 Å². The summed E-state index contributed by atoms with van der Waals surface area (Å²) in [4.78, 5) is 155. The summed E-state index contributed by atoms with van der Waals surface area (Å²) in [7, 11) is 0. The number of aromatic nitrogens is 3. The number of primary amides is 1. The number of phenols is 1. The second-order valence-electron chi connectivity index (χ2n) is 26.1. The smallest absolute Gasteiger partial charge is 0.246 e. The number of imidazole rings is 1. The van der Waals surface area contributed by atoms with Crippen LogP contribution in [0.3, 0.4) is 0 Å². The molecule has 4 heterocycles. The van der Waals surface area contributed by atoms with E-state index in [9.17, 15) is 47.9 Å². The summed E-state index contributed by atoms with van der Waals surface area (Å²) in [6.07, 6.45) is 7.16. The number of rotatable bonds is 13. The van der Waals surface area contributed by atoms with E-state index in [1.807, 2.05) is 24.3 Å². The van der Waals surface area contributed by atoms with Crippen LogP contribution in [0.4, 0.5) is 8.78 Å². The Kier molecular flexibility index (Phi) is 26.5. The number of benzene rings is 3. The van der Waals surface area contributed by atoms with Gasteiger partial charge in [0.1, 0.15) is 54.0 Å². The molecule has 2 saturated carbocycles. The van der Waals surface area contributed by atoms with Gasteiger partial charge in [0.25, 0.3) is 0 Å². The minimum atomic E-state index is -1.42. The molecule has 522 valence electrons. The van der Waals surface area contributed by atoms with Crippen LogP contribution in [-0.4, -0.2) is 164 Å². The number of fused-ring (bicyclic) bond motifs is 5. The topological polar surface area (TPSA) is 375 Å². The fraction of sp³-hybridized carbons (Fsp3) is 0.522. The molecule has 2 aromatic heterocycles. The Labute approximate surface area is 570 Å². The van der Waals surface area contributed by atoms with Crippen molar-refractivity contribution < 1.29 is 61.8 Å². The number of nitrogens with two attached hydrogens (primary N) is 2. The number of amides is 9. The Bertz CT molecular complexity index is 3580. The van der Waals surface area contributed by atoms with Crippen molar-refractivity contribution >= 4 is 93.4 Å². The number of nitrogens with one attached hydrogen (secondary N) is 9. The number of aromatic amines is 2. The molecule has 2 aliphatic heterocycles. The molecule has 3 aromatic carbocycles. The number of carbonyl (C=O) groups is 10. The Balaban J connectivity index is 1.01. The number of H-pyrrole nitrogens is 2. The average molecular weight is 1380 g/mol. The lowest BCUT2D eigenvalue weighted by Crippen LogP contribution is -2.59. The highest BCUT2D eigenvalue weighted by Crippen LogP contribution is 2.48. The molecule has 4 unspecified atom stereocenters. The summed E-state index contributed by atoms with van der Waals surface area (Å²) in [5, 5.41) is 30.1. The highest BCUT2D eigenvalue weighted by Gasteiger charge is 2.44. The molecule has 4 aliphatic rings. The monoisotopic (exact) mass is 1380 g/mol. The van der Waals surface area contributed by atoms with Crippen molar-refractivity contribution in [1.82, 2.24) is 57.1 Å². The van der Waals surface area contributed by atoms with Crippen LogP contribution in [0.5, 0.6) is 5.75 Å². The molecule has 5 aromatic rings. The molecule has 1 saturated heterocycles. The average Bonchev–Trinajstić information content (AvgIpc) is 1.73. The number of unbranched alkanes of at least 4 members (excludes halogenated alkanes) is 1. The molecule has 0 radical (unpaired) electrons. The number of phenolic OH excluding ortho intramolecular Hbond substituents is 1. The third-order valence-corrected chi connectivity index (χ3v) is 21.0. The van der Waals surface area contributed by atoms with Crippen molar-refractivity contribution in [3.8, 4) is 5.75 Å². The first-order valence-electron chi connectivity index (χ1n) is 33.5. The van der Waals surface area contributed by atoms with E-state index in [4.69, 9.17) is 11.5 Å². The van der Waals surface area contributed by atoms with Crippen LogP contribution in [0.1, 0.15) is 118 Å². The number of hydrogen-bond donors (Lipinski definition) is 12. The SMILES string of the molecule is C[C@@H]1CC(=O)[C@H](Cc2c[nH]c3ccc(F)cc23)NC(=O)[C@H](CC2CCC3CCC(F)CC32)NC(=O)CNC(=O)[C@H](CCCCN)NC(=O)CCSCc2cccc(c2)CSC[C@@H](C(N)=O)NC(=O)[C@@H]2CCCN2C(=O)[C@H](Cc2ccc(O)cc2)NC(=O)[C@H](Cc2cnc[nH]2)NC1=O. The first-order valence-corrected chi connectivity index (χ1v) is 35.8. The summed E-state index contributed by atoms with van der Waals surface area (Å²) < 4.78 is 30.0. The molecule has 3 fully saturated rings. The Morgan fingerprint density at radius 1 is 0.732 bits per heavy atom. The van der Waals surface area contributed by atoms with Gasteiger partial charge in [-0.05, 0) is 148 Å². The molecule has 9 amide bonds. The number of halogens is 2. The first-order chi connectivity index (χ1) is 46.7. The molecule has 9 rings (SSSR count). The standard InChI is InChI=1S/C69H89F2N13O11S2/c1-39-24-60(86)54(28-45-32-75-52-19-16-47(71)30-51(45)52)80-66(92)55(27-44-13-12-43-14-15-46(70)29-50(43)44)79-62(88)34-76-65(91)53(8-2-3-21-72)78-61(87)20-23-96-35-41-6-4-7-42(25-41)36-97-37-58(63(73)89)83-68(94)59-9-5-22-84(59)69(95)57(26-40-10-17-49(85)18-11-40)82-67(93)56(81-64(39)90)31-48-33-74-38-77-48/h4,6-7,10-11,16-19,25,30,32-33,38-39,43-44,46,50,53-59,75,85H,2-3,5,8-9,12-15,20-24,26-29,31,34-37,72H2,1H3,(H2,73,89)(H,74,77)(H,76,91)(H,78,87)(H,79,88)(H,80,92)(H,81,90)(H,82,93)(H,83,94)/t39-,43?,44?,46?,50?,53+,54+,55+,56+,57+,58+,59+/m1/s1. The summed E-state index contributed by atoms with van der Waals surface area (Å²) in [5.74, 6) is -7.31. The van der Waals surface area contributed by atoms with Gasteiger partial charge in [0.2, 0.25) is 53.2 Å². The fourth-order valence-electron chi connectivity index (χ4n) is 13.7. The van der Waals surface area contributed by atoms with E-state index in [1.165, 1.54) is 78.2 Å². The van der Waals surface area contributed by atoms with E-state index in [1.54, 1.807) is 18.3 Å². The maximum absolute atomic E-state index is 15.1. The Morgan fingerprint density at radius 2 is 1.46 bits per heavy atom. The lowest BCUT2D eigenvalue weighted by Gasteiger charge is -2.33. The lowest BCUT2D eigenvalue weighted by atomic mass is 9.75. The van der Waals surface area contributed by atoms with Gasteiger partial charge in [0.05, 0.1) is 18.9 Å². The predicted octanol–water partition coefficient (Wildman–Crippen LogP) is 4.11. The summed E-state index contributed by atoms with van der Waals surface area (Å²) in [6.45, 7) is 1.31. The maximum atomic E-state index is 15.1. The zero-order chi connectivity index (χ0) is 69.1. The van der Waals surface area contributed by atoms with E-state index >= 15 is 14.0 Å². The van der Waals surface area contributed by atoms with Crippen molar-refractivity contribution in [1.29, 1.82) is 0 Å². The fourth-order valence-corrected chi connectivity index (χ4v) is 15.6. The van der Waals surface area contributed by atoms with Crippen molar-refractivity contribution in [2.75, 3.05) is 31.1 Å². The van der Waals surface area contributed by atoms with Crippen molar-refractivity contribution in [2.45, 2.75) is 170 Å². The number of nitrogens with zero attached hydrogens (tertiary/aromatic N) is 2. The Morgan fingerprint density at radius 3 is 2.22 bits per heavy atom. The van der Waals surface area contributed by atoms with Crippen LogP contribution in [-0.2, 0) is 78.7 Å². The molecule has 2 aliphatic carbocycles. The molecule has 97 heavy (non-hydrogen) atoms. The van der Waals surface area contributed by atoms with Crippen LogP contribution < -0.4 is 48.7 Å². The largest absolute Gasteiger partial charge is 0.508 e. The Hall–Kier alpha value is -8.37. The van der Waals surface area contributed by atoms with Crippen molar-refractivity contribution in [3.05, 3.63) is 119 Å². The summed E-state index contributed by atoms with van der Waals surface area (Å²) in [5.41, 5.74) is 15.4. The molecule has 12 atom stereocenters. The van der Waals surface area contributed by atoms with E-state index in [0.717, 1.165) is 17.5 Å². The van der Waals surface area contributed by atoms with E-state index in [2.05, 4.69) is 52.2 Å². The van der Waals surface area contributed by atoms with Crippen LogP contribution in [0, 0.1) is 29.5 Å². The predicted molar refractivity (Wildman–Crippen MR) is 363 cm³/mol. The summed E-state index contributed by atoms with van der Waals surface area (Å²) in [6, 6.07) is 9.03. The number of alkyl halides is 1. The summed E-state index contributed by atoms with van der Waals surface area (Å²) >= 11 is 2.87. The van der Waals surface area contributed by atoms with Crippen LogP contribution in [0.2, 0.25) is 0 Å². The van der Waals surface area contributed by atoms with Gasteiger partial charge in [-0.15, -0.1) is 0 Å². The molecule has 14 N–H and O–H groups in total. The highest BCUT2D eigenvalue weighted by molar-refractivity contribution is 7.98. The number of ketones is 1. The van der Waals surface area contributed by atoms with Gasteiger partial charge in [0.15, 0.2) is 5.78 Å². The normalized spacial score (nSPS) is 27.1. The van der Waals surface area contributed by atoms with E-state index < -0.39 is 132 Å². The zero-order valence-electron chi connectivity index (χ0n) is 54.4. The third kappa shape index (κ3) is 20.8. The van der Waals surface area contributed by atoms with Gasteiger partial charge in [-0.2, -0.15) is 23.5 Å². The van der Waals surface area contributed by atoms with Gasteiger partial charge in [0, 0.05) is 96.6 Å². The first kappa shape index (κ1) is 72.9. The van der Waals surface area contributed by atoms with Gasteiger partial charge in [-0.25, -0.2) is 13.8 Å². The number of Topliss-reactive ketones (excluding diaryl/α,β-unsaturated/α-hetero) is 1. The second-order valence-corrected chi connectivity index (χ2v) is 28.2. The van der Waals surface area contributed by atoms with E-state index in [0.29, 0.717) is 90.1 Å². The van der Waals surface area contributed by atoms with Crippen molar-refractivity contribution in [2.24, 2.45) is 35.1 Å². The molecule has 0 spiro atoms. The molecule has 2 bridgehead atoms. The lowest BCUT2D eigenvalue weighted by molar-refractivity contribution is -0.142. The van der Waals surface area contributed by atoms with E-state index in [-0.39, 0.29) is 87.2 Å². The number of carbonyl (C=O) groups excluding carboxylic acids is 10. The minimum absolute atomic E-state index is 0.0533. The maximum Gasteiger partial charge on any atom is 0.246 e. The molecule has 24 nitrogen and oxygen atoms in total. The van der Waals surface area contributed by atoms with Crippen LogP contribution >= 0.6 is 23.5 Å². The number of thioether (sulfide) groups is 2. The van der Waals surface area contributed by atoms with Gasteiger partial charge < -0.3 is 68.7 Å². The highest BCUT2D eigenvalue weighted by atomic mass is 32.2. The van der Waals surface area contributed by atoms with Gasteiger partial charge in [-0.1, -0.05) is 43.3 Å². The number of hydrogen-bond acceptors (Lipinski definition) is 15. The minimum Gasteiger partial charge on any atom is -0.508 e. The quantitative estimate of drug-likeness (QED) is 0.0738. The van der Waals surface area contributed by atoms with Gasteiger partial charge in [-0.3, -0.25) is 47.9 Å². The number of aromatic hydroxyl groups is 1. The zero-order valence-corrected chi connectivity index (χ0v) is 56.1. The molecular weight excluding hydrogens is 1290 g/mol. The van der Waals surface area contributed by atoms with Crippen LogP contribution in [0.15, 0.2) is 85.5 Å². The molecule has 28 heteroatoms. The third-order valence-electron chi connectivity index (χ3n) is 18.9. The second kappa shape index (κ2) is 35.2. The van der Waals surface area contributed by atoms with Crippen molar-refractivity contribution in [3.63, 3.8) is 0 Å². The molecular formula is C69H89F2N13O11S2.